The fraction of sp³-hybridized carbons (Fsp3) is 0.222. The summed E-state index contributed by atoms with van der Waals surface area (Å²) in [4.78, 5) is 11.1. The van der Waals surface area contributed by atoms with Crippen LogP contribution in [0.5, 0.6) is 0 Å². The Balaban J connectivity index is 1.46. The van der Waals surface area contributed by atoms with E-state index in [2.05, 4.69) is 35.5 Å². The minimum absolute atomic E-state index is 0.575. The van der Waals surface area contributed by atoms with Crippen LogP contribution in [-0.4, -0.2) is 56.1 Å². The molecular formula is C18H17ClN8O. The number of anilines is 3. The summed E-state index contributed by atoms with van der Waals surface area (Å²) in [6.45, 7) is 3.19. The van der Waals surface area contributed by atoms with Crippen molar-refractivity contribution < 1.29 is 4.74 Å². The van der Waals surface area contributed by atoms with Gasteiger partial charge in [-0.2, -0.15) is 10.2 Å². The topological polar surface area (TPSA) is 96.3 Å². The molecule has 5 rings (SSSR count). The van der Waals surface area contributed by atoms with E-state index in [-0.39, 0.29) is 0 Å². The molecule has 1 saturated heterocycles. The number of hydrogen-bond acceptors (Lipinski definition) is 7. The number of nitrogens with one attached hydrogen (secondary N) is 2. The van der Waals surface area contributed by atoms with E-state index in [9.17, 15) is 0 Å². The zero-order chi connectivity index (χ0) is 18.9. The van der Waals surface area contributed by atoms with Crippen molar-refractivity contribution in [2.24, 2.45) is 0 Å². The highest BCUT2D eigenvalue weighted by atomic mass is 35.5. The lowest BCUT2D eigenvalue weighted by Crippen LogP contribution is -2.36. The molecular weight excluding hydrogens is 380 g/mol. The van der Waals surface area contributed by atoms with E-state index in [1.54, 1.807) is 23.1 Å². The lowest BCUT2D eigenvalue weighted by molar-refractivity contribution is 0.122. The summed E-state index contributed by atoms with van der Waals surface area (Å²) >= 11 is 6.53. The third-order valence-electron chi connectivity index (χ3n) is 4.68. The maximum Gasteiger partial charge on any atom is 0.199 e. The van der Waals surface area contributed by atoms with Crippen LogP contribution in [0.4, 0.5) is 17.2 Å². The van der Waals surface area contributed by atoms with Crippen molar-refractivity contribution in [3.05, 3.63) is 48.1 Å². The van der Waals surface area contributed by atoms with Gasteiger partial charge in [-0.05, 0) is 18.2 Å². The van der Waals surface area contributed by atoms with E-state index in [0.29, 0.717) is 16.5 Å². The summed E-state index contributed by atoms with van der Waals surface area (Å²) in [5, 5.41) is 15.0. The first-order chi connectivity index (χ1) is 13.8. The Morgan fingerprint density at radius 1 is 1.14 bits per heavy atom. The summed E-state index contributed by atoms with van der Waals surface area (Å²) < 4.78 is 7.13. The van der Waals surface area contributed by atoms with Crippen molar-refractivity contribution in [3.8, 4) is 11.3 Å². The maximum absolute atomic E-state index is 6.53. The Bertz CT molecular complexity index is 1100. The number of benzene rings is 1. The predicted molar refractivity (Wildman–Crippen MR) is 106 cm³/mol. The van der Waals surface area contributed by atoms with Crippen molar-refractivity contribution in [3.63, 3.8) is 0 Å². The number of morpholine rings is 1. The molecule has 0 unspecified atom stereocenters. The fourth-order valence-corrected chi connectivity index (χ4v) is 3.47. The highest BCUT2D eigenvalue weighted by Crippen LogP contribution is 2.31. The number of halogens is 1. The molecule has 0 amide bonds. The predicted octanol–water partition coefficient (Wildman–Crippen LogP) is 2.75. The average Bonchev–Trinajstić information content (AvgIpc) is 3.43. The summed E-state index contributed by atoms with van der Waals surface area (Å²) in [7, 11) is 0. The van der Waals surface area contributed by atoms with Crippen molar-refractivity contribution >= 4 is 34.4 Å². The lowest BCUT2D eigenvalue weighted by Gasteiger charge is -2.29. The summed E-state index contributed by atoms with van der Waals surface area (Å²) in [6.07, 6.45) is 6.72. The third-order valence-corrected chi connectivity index (χ3v) is 4.99. The second-order valence-electron chi connectivity index (χ2n) is 6.36. The Kier molecular flexibility index (Phi) is 4.30. The monoisotopic (exact) mass is 396 g/mol. The lowest BCUT2D eigenvalue weighted by atomic mass is 10.2. The van der Waals surface area contributed by atoms with Crippen LogP contribution >= 0.6 is 11.6 Å². The number of nitrogens with zero attached hydrogens (tertiary/aromatic N) is 6. The molecule has 1 aromatic carbocycles. The van der Waals surface area contributed by atoms with Gasteiger partial charge in [0.2, 0.25) is 0 Å². The minimum Gasteiger partial charge on any atom is -0.378 e. The van der Waals surface area contributed by atoms with E-state index >= 15 is 0 Å². The molecule has 3 aromatic heterocycles. The molecule has 1 aliphatic rings. The number of aromatic amines is 1. The van der Waals surface area contributed by atoms with Gasteiger partial charge in [0.15, 0.2) is 11.5 Å². The van der Waals surface area contributed by atoms with Crippen LogP contribution in [0, 0.1) is 0 Å². The molecule has 1 aliphatic heterocycles. The van der Waals surface area contributed by atoms with E-state index in [4.69, 9.17) is 16.3 Å². The molecule has 0 saturated carbocycles. The van der Waals surface area contributed by atoms with E-state index < -0.39 is 0 Å². The van der Waals surface area contributed by atoms with E-state index in [0.717, 1.165) is 48.9 Å². The van der Waals surface area contributed by atoms with Gasteiger partial charge >= 0.3 is 0 Å². The van der Waals surface area contributed by atoms with Crippen LogP contribution < -0.4 is 10.2 Å². The molecule has 0 atom stereocenters. The fourth-order valence-electron chi connectivity index (χ4n) is 3.24. The minimum atomic E-state index is 0.575. The maximum atomic E-state index is 6.53. The van der Waals surface area contributed by atoms with Crippen molar-refractivity contribution in [2.45, 2.75) is 0 Å². The van der Waals surface area contributed by atoms with Crippen LogP contribution in [0.3, 0.4) is 0 Å². The van der Waals surface area contributed by atoms with Crippen LogP contribution in [0.15, 0.2) is 43.1 Å². The van der Waals surface area contributed by atoms with Gasteiger partial charge in [-0.3, -0.25) is 5.10 Å². The van der Waals surface area contributed by atoms with Gasteiger partial charge in [0.25, 0.3) is 0 Å². The number of fused-ring (bicyclic) bond motifs is 1. The zero-order valence-corrected chi connectivity index (χ0v) is 15.6. The number of H-pyrrole nitrogens is 1. The summed E-state index contributed by atoms with van der Waals surface area (Å²) in [5.74, 6) is 0.575. The molecule has 4 aromatic rings. The van der Waals surface area contributed by atoms with Crippen LogP contribution in [0.25, 0.3) is 16.9 Å². The summed E-state index contributed by atoms with van der Waals surface area (Å²) in [6, 6.07) is 5.95. The number of rotatable bonds is 4. The zero-order valence-electron chi connectivity index (χ0n) is 14.8. The Morgan fingerprint density at radius 2 is 2.04 bits per heavy atom. The third kappa shape index (κ3) is 3.04. The highest BCUT2D eigenvalue weighted by Gasteiger charge is 2.15. The first-order valence-electron chi connectivity index (χ1n) is 8.87. The van der Waals surface area contributed by atoms with Gasteiger partial charge in [-0.15, -0.1) is 0 Å². The van der Waals surface area contributed by atoms with Gasteiger partial charge in [0, 0.05) is 30.5 Å². The van der Waals surface area contributed by atoms with Crippen molar-refractivity contribution in [1.29, 1.82) is 0 Å². The second kappa shape index (κ2) is 7.10. The molecule has 4 heterocycles. The molecule has 0 radical (unpaired) electrons. The molecule has 28 heavy (non-hydrogen) atoms. The smallest absolute Gasteiger partial charge is 0.199 e. The molecule has 0 bridgehead atoms. The molecule has 142 valence electrons. The standard InChI is InChI=1S/C18H17ClN8O/c19-14-7-13(26-3-5-28-6-4-26)1-2-15(14)25-17-18-21-11-24-27(18)16(10-20-17)12-8-22-23-9-12/h1-2,7-11H,3-6H2,(H,20,25)(H,22,23). The molecule has 9 nitrogen and oxygen atoms in total. The highest BCUT2D eigenvalue weighted by molar-refractivity contribution is 6.33. The van der Waals surface area contributed by atoms with Crippen LogP contribution in [0.1, 0.15) is 0 Å². The molecule has 2 N–H and O–H groups in total. The van der Waals surface area contributed by atoms with Crippen LogP contribution in [0.2, 0.25) is 5.02 Å². The normalized spacial score (nSPS) is 14.5. The number of aromatic nitrogens is 6. The van der Waals surface area contributed by atoms with Crippen molar-refractivity contribution in [2.75, 3.05) is 36.5 Å². The second-order valence-corrected chi connectivity index (χ2v) is 6.77. The number of hydrogen-bond donors (Lipinski definition) is 2. The quantitative estimate of drug-likeness (QED) is 0.547. The van der Waals surface area contributed by atoms with Crippen LogP contribution in [-0.2, 0) is 4.74 Å². The Labute approximate surface area is 165 Å². The van der Waals surface area contributed by atoms with E-state index in [1.807, 2.05) is 18.2 Å². The van der Waals surface area contributed by atoms with E-state index in [1.165, 1.54) is 6.33 Å². The molecule has 10 heteroatoms. The SMILES string of the molecule is Clc1cc(N2CCOCC2)ccc1Nc1ncc(-c2cn[nH]c2)n2ncnc12. The first kappa shape index (κ1) is 17.0. The van der Waals surface area contributed by atoms with Gasteiger partial charge in [-0.1, -0.05) is 11.6 Å². The molecule has 1 fully saturated rings. The number of ether oxygens (including phenoxy) is 1. The largest absolute Gasteiger partial charge is 0.378 e. The Morgan fingerprint density at radius 3 is 2.82 bits per heavy atom. The molecule has 0 spiro atoms. The average molecular weight is 397 g/mol. The molecule has 0 aliphatic carbocycles. The summed E-state index contributed by atoms with van der Waals surface area (Å²) in [5.41, 5.74) is 4.11. The van der Waals surface area contributed by atoms with Gasteiger partial charge < -0.3 is 15.0 Å². The van der Waals surface area contributed by atoms with Gasteiger partial charge in [0.1, 0.15) is 6.33 Å². The Hall–Kier alpha value is -3.17. The first-order valence-corrected chi connectivity index (χ1v) is 9.24. The van der Waals surface area contributed by atoms with Gasteiger partial charge in [0.05, 0.1) is 42.0 Å². The van der Waals surface area contributed by atoms with Crippen molar-refractivity contribution in [1.82, 2.24) is 29.8 Å². The van der Waals surface area contributed by atoms with Gasteiger partial charge in [-0.25, -0.2) is 14.5 Å².